The summed E-state index contributed by atoms with van der Waals surface area (Å²) in [5.41, 5.74) is 1.97. The second-order valence-corrected chi connectivity index (χ2v) is 11.4. The van der Waals surface area contributed by atoms with Gasteiger partial charge in [-0.05, 0) is 92.9 Å². The van der Waals surface area contributed by atoms with E-state index in [1.165, 1.54) is 89.3 Å². The van der Waals surface area contributed by atoms with Gasteiger partial charge in [0.05, 0.1) is 6.10 Å². The van der Waals surface area contributed by atoms with E-state index in [-0.39, 0.29) is 0 Å². The quantitative estimate of drug-likeness (QED) is 0.491. The van der Waals surface area contributed by atoms with Crippen LogP contribution in [0.25, 0.3) is 0 Å². The van der Waals surface area contributed by atoms with Crippen molar-refractivity contribution in [2.75, 3.05) is 13.1 Å². The van der Waals surface area contributed by atoms with Gasteiger partial charge in [-0.2, -0.15) is 0 Å². The van der Waals surface area contributed by atoms with Crippen LogP contribution >= 0.6 is 0 Å². The highest BCUT2D eigenvalue weighted by atomic mass is 16.6. The zero-order valence-electron chi connectivity index (χ0n) is 21.0. The molecule has 1 aromatic rings. The lowest BCUT2D eigenvalue weighted by Gasteiger charge is -2.40. The third-order valence-electron chi connectivity index (χ3n) is 8.10. The third kappa shape index (κ3) is 8.20. The Morgan fingerprint density at radius 1 is 0.879 bits per heavy atom. The number of piperidine rings is 1. The van der Waals surface area contributed by atoms with Crippen molar-refractivity contribution in [3.8, 4) is 5.75 Å². The molecule has 0 spiro atoms. The van der Waals surface area contributed by atoms with Gasteiger partial charge in [0, 0.05) is 12.6 Å². The summed E-state index contributed by atoms with van der Waals surface area (Å²) in [5.74, 6) is 2.64. The molecule has 0 amide bonds. The number of rotatable bonds is 4. The van der Waals surface area contributed by atoms with Crippen LogP contribution < -0.4 is 4.74 Å². The number of hydrogen-bond donors (Lipinski definition) is 2. The van der Waals surface area contributed by atoms with Gasteiger partial charge in [-0.15, -0.1) is 0 Å². The van der Waals surface area contributed by atoms with Crippen molar-refractivity contribution < 1.29 is 19.7 Å². The molecule has 3 fully saturated rings. The maximum absolute atomic E-state index is 8.56. The predicted octanol–water partition coefficient (Wildman–Crippen LogP) is 7.40. The van der Waals surface area contributed by atoms with Crippen molar-refractivity contribution in [2.45, 2.75) is 109 Å². The van der Waals surface area contributed by atoms with Crippen LogP contribution in [0.1, 0.15) is 103 Å². The summed E-state index contributed by atoms with van der Waals surface area (Å²) < 4.78 is 6.36. The molecule has 33 heavy (non-hydrogen) atoms. The van der Waals surface area contributed by atoms with E-state index in [0.29, 0.717) is 17.4 Å². The minimum Gasteiger partial charge on any atom is -0.490 e. The summed E-state index contributed by atoms with van der Waals surface area (Å²) in [6, 6.07) is 10.0. The van der Waals surface area contributed by atoms with Crippen LogP contribution in [-0.2, 0) is 0 Å². The van der Waals surface area contributed by atoms with Gasteiger partial charge in [-0.1, -0.05) is 52.2 Å². The van der Waals surface area contributed by atoms with Gasteiger partial charge in [0.25, 0.3) is 0 Å². The Morgan fingerprint density at radius 3 is 2.06 bits per heavy atom. The first-order valence-corrected chi connectivity index (χ1v) is 13.1. The second kappa shape index (κ2) is 12.1. The van der Waals surface area contributed by atoms with Gasteiger partial charge >= 0.3 is 6.16 Å². The maximum Gasteiger partial charge on any atom is 0.503 e. The normalized spacial score (nSPS) is 27.3. The van der Waals surface area contributed by atoms with Gasteiger partial charge in [-0.3, -0.25) is 4.90 Å². The van der Waals surface area contributed by atoms with E-state index < -0.39 is 6.16 Å². The summed E-state index contributed by atoms with van der Waals surface area (Å²) in [5, 5.41) is 13.9. The Bertz CT molecular complexity index is 708. The van der Waals surface area contributed by atoms with E-state index in [0.717, 1.165) is 17.7 Å². The molecule has 1 unspecified atom stereocenters. The molecule has 1 saturated heterocycles. The Labute approximate surface area is 200 Å². The van der Waals surface area contributed by atoms with Crippen molar-refractivity contribution >= 4 is 6.16 Å². The molecule has 186 valence electrons. The average Bonchev–Trinajstić information content (AvgIpc) is 2.80. The zero-order chi connectivity index (χ0) is 23.8. The molecule has 2 saturated carbocycles. The Kier molecular flexibility index (Phi) is 9.48. The highest BCUT2D eigenvalue weighted by Gasteiger charge is 2.31. The molecule has 3 aliphatic rings. The van der Waals surface area contributed by atoms with Gasteiger partial charge < -0.3 is 14.9 Å². The molecule has 5 heteroatoms. The lowest BCUT2D eigenvalue weighted by Crippen LogP contribution is -2.42. The van der Waals surface area contributed by atoms with Gasteiger partial charge in [-0.25, -0.2) is 4.79 Å². The molecule has 2 aliphatic carbocycles. The van der Waals surface area contributed by atoms with Crippen LogP contribution in [0.3, 0.4) is 0 Å². The van der Waals surface area contributed by atoms with E-state index in [9.17, 15) is 0 Å². The molecular formula is C28H45NO4. The van der Waals surface area contributed by atoms with E-state index in [1.54, 1.807) is 0 Å². The smallest absolute Gasteiger partial charge is 0.490 e. The van der Waals surface area contributed by atoms with Crippen molar-refractivity contribution in [3.05, 3.63) is 29.8 Å². The lowest BCUT2D eigenvalue weighted by atomic mass is 9.72. The fourth-order valence-corrected chi connectivity index (χ4v) is 6.11. The zero-order valence-corrected chi connectivity index (χ0v) is 21.0. The second-order valence-electron chi connectivity index (χ2n) is 11.4. The fraction of sp³-hybridized carbons (Fsp3) is 0.750. The third-order valence-corrected chi connectivity index (χ3v) is 8.10. The van der Waals surface area contributed by atoms with Crippen molar-refractivity contribution in [3.63, 3.8) is 0 Å². The van der Waals surface area contributed by atoms with Crippen molar-refractivity contribution in [1.29, 1.82) is 0 Å². The number of ether oxygens (including phenoxy) is 1. The molecule has 2 N–H and O–H groups in total. The first-order chi connectivity index (χ1) is 15.7. The molecule has 5 nitrogen and oxygen atoms in total. The number of nitrogens with zero attached hydrogens (tertiary/aromatic N) is 1. The lowest BCUT2D eigenvalue weighted by molar-refractivity contribution is 0.0881. The van der Waals surface area contributed by atoms with Crippen LogP contribution in [0.5, 0.6) is 5.75 Å². The highest BCUT2D eigenvalue weighted by molar-refractivity contribution is 5.53. The number of likely N-dealkylation sites (tertiary alicyclic amines) is 1. The van der Waals surface area contributed by atoms with E-state index in [1.807, 2.05) is 0 Å². The molecule has 0 radical (unpaired) electrons. The number of hydrogen-bond acceptors (Lipinski definition) is 3. The molecule has 1 aliphatic heterocycles. The monoisotopic (exact) mass is 459 g/mol. The predicted molar refractivity (Wildman–Crippen MR) is 133 cm³/mol. The van der Waals surface area contributed by atoms with Gasteiger partial charge in [0.1, 0.15) is 5.75 Å². The minimum atomic E-state index is -1.83. The Balaban J connectivity index is 0.000000709. The SMILES string of the molecule is CC(C)(C)[C@H]1CC[C@H](Oc2ccc(C3CCCN(C4CCCCC4)C3)cc2)CC1.O=C(O)O. The Morgan fingerprint density at radius 2 is 1.48 bits per heavy atom. The molecule has 1 heterocycles. The van der Waals surface area contributed by atoms with Crippen LogP contribution in [0.2, 0.25) is 0 Å². The van der Waals surface area contributed by atoms with Gasteiger partial charge in [0.2, 0.25) is 0 Å². The van der Waals surface area contributed by atoms with Gasteiger partial charge in [0.15, 0.2) is 0 Å². The van der Waals surface area contributed by atoms with Crippen molar-refractivity contribution in [1.82, 2.24) is 4.90 Å². The first-order valence-electron chi connectivity index (χ1n) is 13.1. The standard InChI is InChI=1S/C27H43NO.CH2O3/c1-27(2,3)23-13-17-26(18-14-23)29-25-15-11-21(12-16-25)22-8-7-19-28(20-22)24-9-5-4-6-10-24;2-1(3)4/h11-12,15-16,22-24,26H,4-10,13-14,17-20H2,1-3H3;(H2,2,3,4)/t22?,23-,26-;. The largest absolute Gasteiger partial charge is 0.503 e. The van der Waals surface area contributed by atoms with E-state index >= 15 is 0 Å². The van der Waals surface area contributed by atoms with Crippen molar-refractivity contribution in [2.24, 2.45) is 11.3 Å². The number of benzene rings is 1. The summed E-state index contributed by atoms with van der Waals surface area (Å²) in [7, 11) is 0. The van der Waals surface area contributed by atoms with Crippen LogP contribution in [0, 0.1) is 11.3 Å². The highest BCUT2D eigenvalue weighted by Crippen LogP contribution is 2.39. The average molecular weight is 460 g/mol. The first kappa shape index (κ1) is 25.9. The summed E-state index contributed by atoms with van der Waals surface area (Å²) in [6.07, 6.45) is 13.5. The molecule has 0 bridgehead atoms. The maximum atomic E-state index is 8.56. The molecule has 1 atom stereocenters. The van der Waals surface area contributed by atoms with Crippen LogP contribution in [0.15, 0.2) is 24.3 Å². The number of carbonyl (C=O) groups is 1. The Hall–Kier alpha value is -1.75. The summed E-state index contributed by atoms with van der Waals surface area (Å²) >= 11 is 0. The van der Waals surface area contributed by atoms with Crippen LogP contribution in [-0.4, -0.2) is 46.5 Å². The summed E-state index contributed by atoms with van der Waals surface area (Å²) in [4.78, 5) is 11.4. The van der Waals surface area contributed by atoms with E-state index in [2.05, 4.69) is 49.9 Å². The number of carboxylic acid groups (broad SMARTS) is 2. The van der Waals surface area contributed by atoms with E-state index in [4.69, 9.17) is 19.7 Å². The molecule has 0 aromatic heterocycles. The molecule has 4 rings (SSSR count). The minimum absolute atomic E-state index is 0.413. The fourth-order valence-electron chi connectivity index (χ4n) is 6.11. The molecule has 1 aromatic carbocycles. The van der Waals surface area contributed by atoms with Crippen LogP contribution in [0.4, 0.5) is 4.79 Å². The topological polar surface area (TPSA) is 70.0 Å². The summed E-state index contributed by atoms with van der Waals surface area (Å²) in [6.45, 7) is 9.75. The molecular weight excluding hydrogens is 414 g/mol.